The van der Waals surface area contributed by atoms with Gasteiger partial charge in [-0.2, -0.15) is 0 Å². The molecule has 55 heavy (non-hydrogen) atoms. The van der Waals surface area contributed by atoms with E-state index in [0.717, 1.165) is 123 Å². The number of carboxylic acid groups (broad SMARTS) is 1. The minimum absolute atomic E-state index is 0.203. The van der Waals surface area contributed by atoms with E-state index in [2.05, 4.69) is 20.4 Å². The van der Waals surface area contributed by atoms with Crippen LogP contribution in [0.3, 0.4) is 0 Å². The number of carbonyl (C=O) groups is 3. The first-order chi connectivity index (χ1) is 26.5. The number of aliphatic carboxylic acids is 1. The number of nitrogens with one attached hydrogen (secondary N) is 2. The van der Waals surface area contributed by atoms with Gasteiger partial charge in [0.25, 0.3) is 11.8 Å². The Morgan fingerprint density at radius 1 is 0.855 bits per heavy atom. The molecule has 4 heterocycles. The van der Waals surface area contributed by atoms with Crippen molar-refractivity contribution in [1.82, 2.24) is 39.5 Å². The smallest absolute Gasteiger partial charge is 0.306 e. The van der Waals surface area contributed by atoms with Gasteiger partial charge in [-0.05, 0) is 93.0 Å². The lowest BCUT2D eigenvalue weighted by Gasteiger charge is -2.39. The number of carbonyl (C=O) groups excluding carboxylic acids is 2. The molecule has 3 aliphatic carbocycles. The molecule has 2 aliphatic heterocycles. The van der Waals surface area contributed by atoms with E-state index in [-0.39, 0.29) is 11.7 Å². The first kappa shape index (κ1) is 37.7. The topological polar surface area (TPSA) is 138 Å². The number of rotatable bonds is 11. The van der Waals surface area contributed by atoms with Gasteiger partial charge in [0.2, 0.25) is 0 Å². The Balaban J connectivity index is 1.02. The summed E-state index contributed by atoms with van der Waals surface area (Å²) in [5.41, 5.74) is 5.15. The maximum atomic E-state index is 14.4. The molecule has 3 N–H and O–H groups in total. The van der Waals surface area contributed by atoms with Gasteiger partial charge in [-0.25, -0.2) is 9.97 Å². The Morgan fingerprint density at radius 2 is 1.44 bits per heavy atom. The SMILES string of the molecule is Cc1ccccc1C1=CC=CC(NC(=O)c2nc3c(n2C)CCN(CCC2CCC(C(=O)O)CC2)C3)(NC(=O)c2nc3c(n2C)CCN(CC2CC2)C3)C1Cl. The predicted octanol–water partition coefficient (Wildman–Crippen LogP) is 4.99. The summed E-state index contributed by atoms with van der Waals surface area (Å²) in [7, 11) is 3.77. The van der Waals surface area contributed by atoms with Crippen molar-refractivity contribution >= 4 is 35.0 Å². The molecule has 3 aromatic rings. The van der Waals surface area contributed by atoms with Crippen LogP contribution in [0.2, 0.25) is 0 Å². The van der Waals surface area contributed by atoms with Gasteiger partial charge in [0.1, 0.15) is 5.38 Å². The summed E-state index contributed by atoms with van der Waals surface area (Å²) in [4.78, 5) is 54.8. The molecular weight excluding hydrogens is 716 g/mol. The first-order valence-corrected chi connectivity index (χ1v) is 20.4. The van der Waals surface area contributed by atoms with Gasteiger partial charge in [-0.3, -0.25) is 24.2 Å². The molecule has 0 radical (unpaired) electrons. The van der Waals surface area contributed by atoms with Crippen molar-refractivity contribution in [3.05, 3.63) is 88.0 Å². The predicted molar refractivity (Wildman–Crippen MR) is 210 cm³/mol. The molecule has 5 aliphatic rings. The van der Waals surface area contributed by atoms with E-state index < -0.39 is 28.8 Å². The monoisotopic (exact) mass is 768 g/mol. The van der Waals surface area contributed by atoms with Gasteiger partial charge < -0.3 is 24.9 Å². The van der Waals surface area contributed by atoms with E-state index in [0.29, 0.717) is 18.3 Å². The highest BCUT2D eigenvalue weighted by Crippen LogP contribution is 2.37. The highest BCUT2D eigenvalue weighted by molar-refractivity contribution is 6.28. The van der Waals surface area contributed by atoms with Crippen LogP contribution in [0.5, 0.6) is 0 Å². The zero-order valence-corrected chi connectivity index (χ0v) is 32.9. The van der Waals surface area contributed by atoms with Crippen LogP contribution in [0.4, 0.5) is 0 Å². The molecule has 12 nitrogen and oxygen atoms in total. The quantitative estimate of drug-likeness (QED) is 0.184. The lowest BCUT2D eigenvalue weighted by Crippen LogP contribution is -2.65. The fraction of sp³-hybridized carbons (Fsp3) is 0.548. The number of benzene rings is 1. The van der Waals surface area contributed by atoms with Crippen molar-refractivity contribution in [1.29, 1.82) is 0 Å². The van der Waals surface area contributed by atoms with E-state index in [1.54, 1.807) is 6.08 Å². The molecule has 2 fully saturated rings. The molecule has 0 spiro atoms. The molecule has 13 heteroatoms. The van der Waals surface area contributed by atoms with Gasteiger partial charge in [-0.15, -0.1) is 11.6 Å². The Hall–Kier alpha value is -4.26. The molecule has 2 atom stereocenters. The maximum absolute atomic E-state index is 14.4. The van der Waals surface area contributed by atoms with Gasteiger partial charge in [0.05, 0.1) is 17.3 Å². The van der Waals surface area contributed by atoms with Crippen molar-refractivity contribution in [3.8, 4) is 0 Å². The molecule has 0 saturated heterocycles. The molecule has 2 saturated carbocycles. The van der Waals surface area contributed by atoms with E-state index in [4.69, 9.17) is 21.6 Å². The average molecular weight is 769 g/mol. The van der Waals surface area contributed by atoms with Crippen LogP contribution in [0.25, 0.3) is 5.57 Å². The van der Waals surface area contributed by atoms with Crippen LogP contribution in [0.1, 0.15) is 100 Å². The third kappa shape index (κ3) is 7.65. The number of hydrogen-bond donors (Lipinski definition) is 3. The number of imidazole rings is 2. The lowest BCUT2D eigenvalue weighted by molar-refractivity contribution is -0.143. The van der Waals surface area contributed by atoms with Crippen molar-refractivity contribution in [3.63, 3.8) is 0 Å². The molecule has 2 amide bonds. The summed E-state index contributed by atoms with van der Waals surface area (Å²) in [6.07, 6.45) is 14.2. The van der Waals surface area contributed by atoms with Crippen LogP contribution in [0.15, 0.2) is 42.5 Å². The highest BCUT2D eigenvalue weighted by Gasteiger charge is 2.45. The Labute approximate surface area is 328 Å². The number of alkyl halides is 1. The third-order valence-corrected chi connectivity index (χ3v) is 13.3. The second kappa shape index (κ2) is 15.3. The number of carboxylic acids is 1. The van der Waals surface area contributed by atoms with Gasteiger partial charge in [-0.1, -0.05) is 36.4 Å². The Kier molecular flexibility index (Phi) is 10.5. The number of allylic oxidation sites excluding steroid dienone is 2. The number of hydrogen-bond acceptors (Lipinski definition) is 7. The van der Waals surface area contributed by atoms with Crippen molar-refractivity contribution < 1.29 is 19.5 Å². The average Bonchev–Trinajstić information content (AvgIpc) is 3.85. The zero-order chi connectivity index (χ0) is 38.4. The molecule has 2 aromatic heterocycles. The van der Waals surface area contributed by atoms with Crippen LogP contribution in [-0.4, -0.2) is 89.0 Å². The largest absolute Gasteiger partial charge is 0.481 e. The van der Waals surface area contributed by atoms with Crippen molar-refractivity contribution in [2.75, 3.05) is 26.2 Å². The standard InChI is InChI=1S/C42H53ClN8O4/c1-26-7-4-5-8-30(26)31-9-6-19-42(36(31)43,47-40(53)38-45-33-25-51(23-28-10-11-28)22-18-35(33)49(38)3)46-39(52)37-44-32-24-50(21-17-34(32)48(37)2)20-16-27-12-14-29(15-13-27)41(54)55/h4-9,19,27-29,36H,10-18,20-25H2,1-3H3,(H,46,52)(H,47,53)(H,54,55). The van der Waals surface area contributed by atoms with Crippen molar-refractivity contribution in [2.24, 2.45) is 31.8 Å². The number of aromatic nitrogens is 4. The highest BCUT2D eigenvalue weighted by atomic mass is 35.5. The van der Waals surface area contributed by atoms with Crippen molar-refractivity contribution in [2.45, 2.75) is 88.8 Å². The number of amides is 2. The summed E-state index contributed by atoms with van der Waals surface area (Å²) >= 11 is 7.43. The molecule has 8 rings (SSSR count). The fourth-order valence-electron chi connectivity index (χ4n) is 9.22. The van der Waals surface area contributed by atoms with Gasteiger partial charge in [0.15, 0.2) is 17.3 Å². The van der Waals surface area contributed by atoms with E-state index >= 15 is 0 Å². The second-order valence-corrected chi connectivity index (χ2v) is 16.9. The molecule has 0 bridgehead atoms. The summed E-state index contributed by atoms with van der Waals surface area (Å²) < 4.78 is 3.76. The van der Waals surface area contributed by atoms with Crippen LogP contribution in [0, 0.1) is 24.7 Å². The number of halogens is 1. The van der Waals surface area contributed by atoms with Crippen LogP contribution >= 0.6 is 11.6 Å². The van der Waals surface area contributed by atoms with E-state index in [9.17, 15) is 19.5 Å². The molecule has 292 valence electrons. The third-order valence-electron chi connectivity index (χ3n) is 12.7. The second-order valence-electron chi connectivity index (χ2n) is 16.5. The normalized spacial score (nSPS) is 25.5. The number of fused-ring (bicyclic) bond motifs is 2. The number of nitrogens with zero attached hydrogens (tertiary/aromatic N) is 6. The first-order valence-electron chi connectivity index (χ1n) is 20.0. The summed E-state index contributed by atoms with van der Waals surface area (Å²) in [6.45, 7) is 7.18. The van der Waals surface area contributed by atoms with Crippen LogP contribution < -0.4 is 10.6 Å². The minimum Gasteiger partial charge on any atom is -0.481 e. The minimum atomic E-state index is -1.50. The lowest BCUT2D eigenvalue weighted by atomic mass is 9.80. The van der Waals surface area contributed by atoms with Crippen LogP contribution in [-0.2, 0) is 44.8 Å². The maximum Gasteiger partial charge on any atom is 0.306 e. The summed E-state index contributed by atoms with van der Waals surface area (Å²) in [5, 5.41) is 14.8. The van der Waals surface area contributed by atoms with E-state index in [1.165, 1.54) is 12.8 Å². The Bertz CT molecular complexity index is 2040. The Morgan fingerprint density at radius 3 is 2.04 bits per heavy atom. The number of aryl methyl sites for hydroxylation is 1. The molecule has 1 aromatic carbocycles. The van der Waals surface area contributed by atoms with E-state index in [1.807, 2.05) is 66.6 Å². The van der Waals surface area contributed by atoms with Gasteiger partial charge >= 0.3 is 5.97 Å². The van der Waals surface area contributed by atoms with Gasteiger partial charge in [0, 0.05) is 71.0 Å². The summed E-state index contributed by atoms with van der Waals surface area (Å²) in [6, 6.07) is 7.96. The molecule has 2 unspecified atom stereocenters. The zero-order valence-electron chi connectivity index (χ0n) is 32.2. The summed E-state index contributed by atoms with van der Waals surface area (Å²) in [5.74, 6) is 0.142. The fourth-order valence-corrected chi connectivity index (χ4v) is 9.59. The molecular formula is C42H53ClN8O4.